The Morgan fingerprint density at radius 3 is 2.80 bits per heavy atom. The molecule has 5 heterocycles. The lowest BCUT2D eigenvalue weighted by atomic mass is 10.1. The largest absolute Gasteiger partial charge is 0.457 e. The Bertz CT molecular complexity index is 1530. The summed E-state index contributed by atoms with van der Waals surface area (Å²) in [7, 11) is 0. The molecule has 0 spiro atoms. The average molecular weight is 472 g/mol. The van der Waals surface area contributed by atoms with Gasteiger partial charge in [-0.05, 0) is 37.3 Å². The highest BCUT2D eigenvalue weighted by atomic mass is 19.1. The van der Waals surface area contributed by atoms with E-state index in [9.17, 15) is 0 Å². The van der Waals surface area contributed by atoms with Gasteiger partial charge in [0.25, 0.3) is 0 Å². The lowest BCUT2D eigenvalue weighted by molar-refractivity contribution is 0.471. The Labute approximate surface area is 199 Å². The first-order valence-corrected chi connectivity index (χ1v) is 11.3. The van der Waals surface area contributed by atoms with Crippen LogP contribution in [-0.4, -0.2) is 55.7 Å². The van der Waals surface area contributed by atoms with Gasteiger partial charge in [-0.2, -0.15) is 5.10 Å². The minimum Gasteiger partial charge on any atom is -0.457 e. The van der Waals surface area contributed by atoms with Crippen LogP contribution in [0.15, 0.2) is 55.2 Å². The van der Waals surface area contributed by atoms with Crippen molar-refractivity contribution in [1.29, 1.82) is 0 Å². The van der Waals surface area contributed by atoms with Crippen molar-refractivity contribution >= 4 is 34.0 Å². The Balaban J connectivity index is 1.29. The first-order valence-electron chi connectivity index (χ1n) is 11.3. The second-order valence-electron chi connectivity index (χ2n) is 8.20. The van der Waals surface area contributed by atoms with Gasteiger partial charge in [0.05, 0.1) is 11.2 Å². The van der Waals surface area contributed by atoms with Crippen LogP contribution in [0.1, 0.15) is 5.56 Å². The summed E-state index contributed by atoms with van der Waals surface area (Å²) in [5, 5.41) is 10.5. The fourth-order valence-electron chi connectivity index (χ4n) is 4.08. The molecule has 1 aliphatic heterocycles. The molecule has 0 bridgehead atoms. The van der Waals surface area contributed by atoms with Gasteiger partial charge in [-0.3, -0.25) is 0 Å². The van der Waals surface area contributed by atoms with Gasteiger partial charge in [0.2, 0.25) is 0 Å². The monoisotopic (exact) mass is 471 g/mol. The molecule has 1 aliphatic rings. The van der Waals surface area contributed by atoms with Crippen molar-refractivity contribution in [1.82, 2.24) is 34.9 Å². The minimum atomic E-state index is -0.434. The maximum Gasteiger partial charge on any atom is 0.160 e. The first kappa shape index (κ1) is 21.2. The number of fused-ring (bicyclic) bond motifs is 2. The summed E-state index contributed by atoms with van der Waals surface area (Å²) in [5.41, 5.74) is 2.55. The van der Waals surface area contributed by atoms with Crippen molar-refractivity contribution < 1.29 is 9.13 Å². The van der Waals surface area contributed by atoms with E-state index in [4.69, 9.17) is 9.72 Å². The minimum absolute atomic E-state index is 0.275. The molecule has 5 aromatic rings. The topological polar surface area (TPSA) is 105 Å². The number of pyridine rings is 2. The van der Waals surface area contributed by atoms with E-state index in [2.05, 4.69) is 35.6 Å². The van der Waals surface area contributed by atoms with Gasteiger partial charge in [0, 0.05) is 44.0 Å². The van der Waals surface area contributed by atoms with Gasteiger partial charge in [-0.15, -0.1) is 0 Å². The zero-order chi connectivity index (χ0) is 23.8. The third-order valence-corrected chi connectivity index (χ3v) is 5.98. The van der Waals surface area contributed by atoms with Crippen LogP contribution in [0.4, 0.5) is 21.7 Å². The molecule has 0 amide bonds. The Kier molecular flexibility index (Phi) is 5.30. The second-order valence-corrected chi connectivity index (χ2v) is 8.20. The molecule has 2 N–H and O–H groups in total. The summed E-state index contributed by atoms with van der Waals surface area (Å²) < 4.78 is 22.9. The number of nitrogens with zero attached hydrogens (tertiary/aromatic N) is 7. The van der Waals surface area contributed by atoms with Crippen LogP contribution in [0.2, 0.25) is 0 Å². The first-order chi connectivity index (χ1) is 17.2. The normalized spacial score (nSPS) is 13.9. The standard InChI is InChI=1S/C24H22FN9O/c1-15-19(35-16-6-9-34-21(12-16)28-14-30-34)4-2-17(22(15)25)31-24-23-18(27-13-29-24)3-5-20(32-23)33-10-7-26-8-11-33/h2-6,9,12-14,26H,7-8,10-11H2,1H3,(H,27,29,31). The lowest BCUT2D eigenvalue weighted by Crippen LogP contribution is -2.43. The maximum atomic E-state index is 15.4. The SMILES string of the molecule is Cc1c(Oc2ccn3ncnc3c2)ccc(Nc2ncnc3ccc(N4CCNCC4)nc23)c1F. The van der Waals surface area contributed by atoms with Crippen molar-refractivity contribution in [3.8, 4) is 11.5 Å². The van der Waals surface area contributed by atoms with Crippen molar-refractivity contribution in [2.24, 2.45) is 0 Å². The highest BCUT2D eigenvalue weighted by Gasteiger charge is 2.17. The van der Waals surface area contributed by atoms with Gasteiger partial charge < -0.3 is 20.3 Å². The van der Waals surface area contributed by atoms with E-state index in [-0.39, 0.29) is 5.69 Å². The number of anilines is 3. The van der Waals surface area contributed by atoms with E-state index in [1.165, 1.54) is 12.7 Å². The molecule has 35 heavy (non-hydrogen) atoms. The van der Waals surface area contributed by atoms with E-state index in [0.717, 1.165) is 32.0 Å². The van der Waals surface area contributed by atoms with E-state index in [1.54, 1.807) is 41.9 Å². The number of benzene rings is 1. The number of rotatable bonds is 5. The zero-order valence-electron chi connectivity index (χ0n) is 18.9. The lowest BCUT2D eigenvalue weighted by Gasteiger charge is -2.28. The average Bonchev–Trinajstić information content (AvgIpc) is 3.37. The Hall–Kier alpha value is -4.38. The van der Waals surface area contributed by atoms with Crippen molar-refractivity contribution in [2.75, 3.05) is 36.4 Å². The summed E-state index contributed by atoms with van der Waals surface area (Å²) in [6, 6.07) is 10.7. The van der Waals surface area contributed by atoms with Crippen molar-refractivity contribution in [3.05, 3.63) is 66.6 Å². The summed E-state index contributed by atoms with van der Waals surface area (Å²) in [6.07, 6.45) is 4.64. The van der Waals surface area contributed by atoms with Gasteiger partial charge in [0.15, 0.2) is 17.3 Å². The van der Waals surface area contributed by atoms with Gasteiger partial charge in [-0.25, -0.2) is 28.8 Å². The highest BCUT2D eigenvalue weighted by molar-refractivity contribution is 5.88. The fourth-order valence-corrected chi connectivity index (χ4v) is 4.08. The number of hydrogen-bond donors (Lipinski definition) is 2. The number of nitrogens with one attached hydrogen (secondary N) is 2. The van der Waals surface area contributed by atoms with Gasteiger partial charge in [-0.1, -0.05) is 0 Å². The predicted molar refractivity (Wildman–Crippen MR) is 130 cm³/mol. The Morgan fingerprint density at radius 1 is 1.03 bits per heavy atom. The summed E-state index contributed by atoms with van der Waals surface area (Å²) >= 11 is 0. The predicted octanol–water partition coefficient (Wildman–Crippen LogP) is 3.46. The van der Waals surface area contributed by atoms with Gasteiger partial charge >= 0.3 is 0 Å². The van der Waals surface area contributed by atoms with E-state index >= 15 is 4.39 Å². The summed E-state index contributed by atoms with van der Waals surface area (Å²) in [5.74, 6) is 1.80. The molecule has 6 rings (SSSR count). The molecule has 0 aliphatic carbocycles. The van der Waals surface area contributed by atoms with E-state index in [1.807, 2.05) is 12.1 Å². The van der Waals surface area contributed by atoms with Crippen LogP contribution >= 0.6 is 0 Å². The molecule has 0 atom stereocenters. The van der Waals surface area contributed by atoms with Crippen molar-refractivity contribution in [2.45, 2.75) is 6.92 Å². The molecular weight excluding hydrogens is 449 g/mol. The smallest absolute Gasteiger partial charge is 0.160 e. The molecule has 0 unspecified atom stereocenters. The number of hydrogen-bond acceptors (Lipinski definition) is 9. The number of piperazine rings is 1. The molecule has 1 aromatic carbocycles. The summed E-state index contributed by atoms with van der Waals surface area (Å²) in [4.78, 5) is 19.8. The van der Waals surface area contributed by atoms with Gasteiger partial charge in [0.1, 0.15) is 35.5 Å². The van der Waals surface area contributed by atoms with E-state index < -0.39 is 5.82 Å². The third kappa shape index (κ3) is 4.06. The molecule has 11 heteroatoms. The quantitative estimate of drug-likeness (QED) is 0.399. The molecule has 176 valence electrons. The van der Waals surface area contributed by atoms with Crippen molar-refractivity contribution in [3.63, 3.8) is 0 Å². The van der Waals surface area contributed by atoms with E-state index in [0.29, 0.717) is 39.6 Å². The number of aromatic nitrogens is 6. The van der Waals surface area contributed by atoms with Crippen LogP contribution < -0.4 is 20.3 Å². The molecule has 1 fully saturated rings. The molecule has 0 saturated carbocycles. The van der Waals surface area contributed by atoms with Crippen LogP contribution in [0.25, 0.3) is 16.7 Å². The second kappa shape index (κ2) is 8.76. The molecule has 0 radical (unpaired) electrons. The molecule has 1 saturated heterocycles. The number of halogens is 1. The zero-order valence-corrected chi connectivity index (χ0v) is 18.9. The molecule has 10 nitrogen and oxygen atoms in total. The number of ether oxygens (including phenoxy) is 1. The fraction of sp³-hybridized carbons (Fsp3) is 0.208. The van der Waals surface area contributed by atoms with Crippen LogP contribution in [-0.2, 0) is 0 Å². The third-order valence-electron chi connectivity index (χ3n) is 5.98. The molecule has 4 aromatic heterocycles. The highest BCUT2D eigenvalue weighted by Crippen LogP contribution is 2.33. The molecular formula is C24H22FN9O. The Morgan fingerprint density at radius 2 is 1.91 bits per heavy atom. The summed E-state index contributed by atoms with van der Waals surface area (Å²) in [6.45, 7) is 5.22. The van der Waals surface area contributed by atoms with Crippen LogP contribution in [0.5, 0.6) is 11.5 Å². The van der Waals surface area contributed by atoms with Crippen LogP contribution in [0, 0.1) is 12.7 Å². The van der Waals surface area contributed by atoms with Crippen LogP contribution in [0.3, 0.4) is 0 Å². The maximum absolute atomic E-state index is 15.4.